The van der Waals surface area contributed by atoms with Gasteiger partial charge in [-0.3, -0.25) is 0 Å². The lowest BCUT2D eigenvalue weighted by molar-refractivity contribution is -0.122. The lowest BCUT2D eigenvalue weighted by Crippen LogP contribution is -2.32. The van der Waals surface area contributed by atoms with Crippen molar-refractivity contribution in [2.75, 3.05) is 25.4 Å². The maximum atomic E-state index is 10.6. The Bertz CT molecular complexity index is 140. The van der Waals surface area contributed by atoms with E-state index in [2.05, 4.69) is 0 Å². The van der Waals surface area contributed by atoms with E-state index in [4.69, 9.17) is 9.47 Å². The largest absolute Gasteiger partial charge is 0.359 e. The van der Waals surface area contributed by atoms with Gasteiger partial charge in [-0.2, -0.15) is 11.8 Å². The van der Waals surface area contributed by atoms with Gasteiger partial charge in [0.25, 0.3) is 0 Å². The summed E-state index contributed by atoms with van der Waals surface area (Å²) in [6.45, 7) is 0.291. The minimum atomic E-state index is 0.0545. The van der Waals surface area contributed by atoms with Crippen LogP contribution in [-0.4, -0.2) is 37.8 Å². The number of hydrogen-bond donors (Lipinski definition) is 0. The second-order valence-electron chi connectivity index (χ2n) is 2.78. The predicted molar refractivity (Wildman–Crippen MR) is 48.2 cm³/mol. The van der Waals surface area contributed by atoms with Crippen molar-refractivity contribution in [3.63, 3.8) is 0 Å². The van der Waals surface area contributed by atoms with Crippen LogP contribution in [0.3, 0.4) is 0 Å². The van der Waals surface area contributed by atoms with Gasteiger partial charge in [0.1, 0.15) is 13.1 Å². The molecule has 0 aromatic rings. The van der Waals surface area contributed by atoms with Gasteiger partial charge in [0.15, 0.2) is 0 Å². The summed E-state index contributed by atoms with van der Waals surface area (Å²) in [5.74, 6) is 2.02. The van der Waals surface area contributed by atoms with E-state index in [0.717, 1.165) is 24.2 Å². The van der Waals surface area contributed by atoms with Crippen molar-refractivity contribution < 1.29 is 14.3 Å². The Kier molecular flexibility index (Phi) is 4.65. The van der Waals surface area contributed by atoms with Crippen molar-refractivity contribution in [1.29, 1.82) is 0 Å². The first-order chi connectivity index (χ1) is 5.88. The molecule has 0 bridgehead atoms. The van der Waals surface area contributed by atoms with E-state index >= 15 is 0 Å². The van der Waals surface area contributed by atoms with Crippen LogP contribution in [0.25, 0.3) is 0 Å². The average molecular weight is 190 g/mol. The van der Waals surface area contributed by atoms with Gasteiger partial charge < -0.3 is 14.3 Å². The van der Waals surface area contributed by atoms with Crippen LogP contribution in [-0.2, 0) is 14.3 Å². The summed E-state index contributed by atoms with van der Waals surface area (Å²) < 4.78 is 10.2. The molecule has 0 saturated carbocycles. The number of carbonyl (C=O) groups excluding carboxylic acids is 1. The third-order valence-electron chi connectivity index (χ3n) is 1.91. The topological polar surface area (TPSA) is 35.5 Å². The number of thioether (sulfide) groups is 1. The Balaban J connectivity index is 2.31. The molecule has 4 heteroatoms. The molecule has 70 valence electrons. The van der Waals surface area contributed by atoms with Gasteiger partial charge in [0.2, 0.25) is 0 Å². The fraction of sp³-hybridized carbons (Fsp3) is 0.875. The van der Waals surface area contributed by atoms with E-state index in [1.54, 1.807) is 7.11 Å². The second-order valence-corrected chi connectivity index (χ2v) is 3.93. The number of hydrogen-bond acceptors (Lipinski definition) is 4. The molecule has 1 fully saturated rings. The van der Waals surface area contributed by atoms with Gasteiger partial charge in [-0.15, -0.1) is 0 Å². The Morgan fingerprint density at radius 1 is 1.67 bits per heavy atom. The van der Waals surface area contributed by atoms with E-state index in [1.165, 1.54) is 0 Å². The number of carbonyl (C=O) groups is 1. The van der Waals surface area contributed by atoms with Crippen LogP contribution in [0.15, 0.2) is 0 Å². The van der Waals surface area contributed by atoms with Crippen molar-refractivity contribution in [2.24, 2.45) is 5.92 Å². The molecular weight excluding hydrogens is 176 g/mol. The molecule has 2 atom stereocenters. The van der Waals surface area contributed by atoms with E-state index in [1.807, 2.05) is 11.8 Å². The number of methoxy groups -OCH3 is 1. The molecule has 0 spiro atoms. The standard InChI is InChI=1S/C8H14O3S/c1-10-6-11-8-2-3-12-5-7(8)4-9/h4,7-8H,2-3,5-6H2,1H3/t7-,8-/m1/s1. The molecule has 1 saturated heterocycles. The van der Waals surface area contributed by atoms with Gasteiger partial charge in [-0.25, -0.2) is 0 Å². The molecule has 1 heterocycles. The normalized spacial score (nSPS) is 30.1. The summed E-state index contributed by atoms with van der Waals surface area (Å²) in [5, 5.41) is 0. The molecule has 0 aliphatic carbocycles. The van der Waals surface area contributed by atoms with Crippen LogP contribution in [0.5, 0.6) is 0 Å². The summed E-state index contributed by atoms with van der Waals surface area (Å²) in [6, 6.07) is 0. The van der Waals surface area contributed by atoms with Crippen molar-refractivity contribution in [1.82, 2.24) is 0 Å². The third-order valence-corrected chi connectivity index (χ3v) is 3.05. The smallest absolute Gasteiger partial charge is 0.146 e. The fourth-order valence-electron chi connectivity index (χ4n) is 1.23. The first-order valence-corrected chi connectivity index (χ1v) is 5.17. The summed E-state index contributed by atoms with van der Waals surface area (Å²) in [4.78, 5) is 10.6. The number of aldehydes is 1. The van der Waals surface area contributed by atoms with E-state index < -0.39 is 0 Å². The Labute approximate surface area is 76.8 Å². The Morgan fingerprint density at radius 2 is 2.50 bits per heavy atom. The van der Waals surface area contributed by atoms with Crippen molar-refractivity contribution >= 4 is 18.0 Å². The molecule has 3 nitrogen and oxygen atoms in total. The Hall–Kier alpha value is -0.0600. The van der Waals surface area contributed by atoms with Crippen molar-refractivity contribution in [3.05, 3.63) is 0 Å². The van der Waals surface area contributed by atoms with Crippen LogP contribution < -0.4 is 0 Å². The van der Waals surface area contributed by atoms with E-state index in [9.17, 15) is 4.79 Å². The zero-order valence-electron chi connectivity index (χ0n) is 7.19. The van der Waals surface area contributed by atoms with Crippen LogP contribution >= 0.6 is 11.8 Å². The highest BCUT2D eigenvalue weighted by Gasteiger charge is 2.25. The highest BCUT2D eigenvalue weighted by atomic mass is 32.2. The maximum absolute atomic E-state index is 10.6. The number of ether oxygens (including phenoxy) is 2. The summed E-state index contributed by atoms with van der Waals surface area (Å²) >= 11 is 1.81. The number of rotatable bonds is 4. The zero-order valence-corrected chi connectivity index (χ0v) is 8.01. The van der Waals surface area contributed by atoms with Gasteiger partial charge >= 0.3 is 0 Å². The van der Waals surface area contributed by atoms with Crippen LogP contribution in [0.1, 0.15) is 6.42 Å². The SMILES string of the molecule is COCO[C@@H]1CCSC[C@H]1C=O. The quantitative estimate of drug-likeness (QED) is 0.488. The molecule has 0 aromatic carbocycles. The van der Waals surface area contributed by atoms with Crippen LogP contribution in [0.4, 0.5) is 0 Å². The highest BCUT2D eigenvalue weighted by molar-refractivity contribution is 7.99. The molecule has 1 rings (SSSR count). The van der Waals surface area contributed by atoms with Crippen LogP contribution in [0, 0.1) is 5.92 Å². The summed E-state index contributed by atoms with van der Waals surface area (Å²) in [6.07, 6.45) is 2.02. The van der Waals surface area contributed by atoms with E-state index in [0.29, 0.717) is 6.79 Å². The molecule has 0 unspecified atom stereocenters. The lowest BCUT2D eigenvalue weighted by atomic mass is 10.0. The van der Waals surface area contributed by atoms with Gasteiger partial charge in [0.05, 0.1) is 12.0 Å². The molecule has 0 radical (unpaired) electrons. The first-order valence-electron chi connectivity index (χ1n) is 4.02. The molecule has 1 aliphatic rings. The average Bonchev–Trinajstić information content (AvgIpc) is 2.15. The Morgan fingerprint density at radius 3 is 3.17 bits per heavy atom. The summed E-state index contributed by atoms with van der Waals surface area (Å²) in [5.41, 5.74) is 0. The van der Waals surface area contributed by atoms with Gasteiger partial charge in [-0.1, -0.05) is 0 Å². The van der Waals surface area contributed by atoms with Gasteiger partial charge in [0, 0.05) is 12.9 Å². The molecule has 0 N–H and O–H groups in total. The molecule has 0 aromatic heterocycles. The second kappa shape index (κ2) is 5.56. The molecule has 12 heavy (non-hydrogen) atoms. The van der Waals surface area contributed by atoms with Crippen LogP contribution in [0.2, 0.25) is 0 Å². The molecular formula is C8H14O3S. The van der Waals surface area contributed by atoms with Gasteiger partial charge in [-0.05, 0) is 12.2 Å². The highest BCUT2D eigenvalue weighted by Crippen LogP contribution is 2.24. The van der Waals surface area contributed by atoms with E-state index in [-0.39, 0.29) is 12.0 Å². The molecule has 1 aliphatic heterocycles. The summed E-state index contributed by atoms with van der Waals surface area (Å²) in [7, 11) is 1.59. The monoisotopic (exact) mass is 190 g/mol. The lowest BCUT2D eigenvalue weighted by Gasteiger charge is -2.26. The van der Waals surface area contributed by atoms with Crippen molar-refractivity contribution in [3.8, 4) is 0 Å². The minimum absolute atomic E-state index is 0.0545. The predicted octanol–water partition coefficient (Wildman–Crippen LogP) is 0.927. The zero-order chi connectivity index (χ0) is 8.81. The fourth-order valence-corrected chi connectivity index (χ4v) is 2.36. The first kappa shape index (κ1) is 10.0. The molecule has 0 amide bonds. The minimum Gasteiger partial charge on any atom is -0.359 e. The van der Waals surface area contributed by atoms with Crippen molar-refractivity contribution in [2.45, 2.75) is 12.5 Å². The maximum Gasteiger partial charge on any atom is 0.146 e. The third kappa shape index (κ3) is 2.77.